The SMILES string of the molecule is O=[Se](OCCCl)OCCCl. The van der Waals surface area contributed by atoms with Gasteiger partial charge in [0.15, 0.2) is 0 Å². The first-order chi connectivity index (χ1) is 4.81. The van der Waals surface area contributed by atoms with E-state index in [1.807, 2.05) is 0 Å². The molecule has 0 aromatic heterocycles. The molecule has 0 saturated heterocycles. The van der Waals surface area contributed by atoms with Crippen LogP contribution in [0.4, 0.5) is 0 Å². The molecule has 0 atom stereocenters. The van der Waals surface area contributed by atoms with Crippen molar-refractivity contribution < 1.29 is 11.5 Å². The maximum absolute atomic E-state index is 10.6. The number of alkyl halides is 2. The van der Waals surface area contributed by atoms with Crippen LogP contribution in [0.1, 0.15) is 0 Å². The van der Waals surface area contributed by atoms with E-state index in [0.29, 0.717) is 11.8 Å². The molecule has 0 saturated carbocycles. The van der Waals surface area contributed by atoms with Crippen molar-refractivity contribution >= 4 is 37.7 Å². The van der Waals surface area contributed by atoms with Crippen molar-refractivity contribution in [3.63, 3.8) is 0 Å². The molecule has 6 heteroatoms. The molecule has 0 heterocycles. The molecule has 0 aliphatic heterocycles. The molecule has 0 aromatic carbocycles. The summed E-state index contributed by atoms with van der Waals surface area (Å²) in [6, 6.07) is 0. The third-order valence-corrected chi connectivity index (χ3v) is 2.33. The number of hydrogen-bond acceptors (Lipinski definition) is 3. The predicted octanol–water partition coefficient (Wildman–Crippen LogP) is 0.913. The van der Waals surface area contributed by atoms with Gasteiger partial charge in [0, 0.05) is 0 Å². The van der Waals surface area contributed by atoms with Crippen molar-refractivity contribution in [1.29, 1.82) is 0 Å². The molecule has 0 rings (SSSR count). The summed E-state index contributed by atoms with van der Waals surface area (Å²) in [4.78, 5) is 0. The molecule has 0 spiro atoms. The van der Waals surface area contributed by atoms with Gasteiger partial charge in [-0.25, -0.2) is 0 Å². The van der Waals surface area contributed by atoms with Gasteiger partial charge in [-0.2, -0.15) is 0 Å². The second kappa shape index (κ2) is 7.92. The van der Waals surface area contributed by atoms with Gasteiger partial charge >= 0.3 is 74.1 Å². The van der Waals surface area contributed by atoms with Crippen LogP contribution in [0.15, 0.2) is 0 Å². The van der Waals surface area contributed by atoms with Gasteiger partial charge in [-0.3, -0.25) is 0 Å². The monoisotopic (exact) mass is 254 g/mol. The minimum atomic E-state index is -2.54. The Bertz CT molecular complexity index is 90.5. The third-order valence-electron chi connectivity index (χ3n) is 0.513. The Morgan fingerprint density at radius 3 is 1.80 bits per heavy atom. The van der Waals surface area contributed by atoms with Crippen LogP contribution in [0.5, 0.6) is 0 Å². The second-order valence-electron chi connectivity index (χ2n) is 1.23. The molecule has 0 bridgehead atoms. The summed E-state index contributed by atoms with van der Waals surface area (Å²) in [7, 11) is 0. The summed E-state index contributed by atoms with van der Waals surface area (Å²) < 4.78 is 19.9. The molecule has 62 valence electrons. The summed E-state index contributed by atoms with van der Waals surface area (Å²) in [5.74, 6) is 0.652. The van der Waals surface area contributed by atoms with Crippen LogP contribution in [0.2, 0.25) is 0 Å². The van der Waals surface area contributed by atoms with Crippen LogP contribution in [-0.4, -0.2) is 39.5 Å². The van der Waals surface area contributed by atoms with Crippen molar-refractivity contribution in [1.82, 2.24) is 0 Å². The van der Waals surface area contributed by atoms with E-state index < -0.39 is 14.5 Å². The van der Waals surface area contributed by atoms with Gasteiger partial charge in [-0.05, 0) is 0 Å². The van der Waals surface area contributed by atoms with Gasteiger partial charge in [0.25, 0.3) is 0 Å². The van der Waals surface area contributed by atoms with E-state index in [0.717, 1.165) is 0 Å². The molecule has 0 fully saturated rings. The van der Waals surface area contributed by atoms with Crippen molar-refractivity contribution in [3.8, 4) is 0 Å². The molecule has 0 amide bonds. The van der Waals surface area contributed by atoms with Crippen molar-refractivity contribution in [3.05, 3.63) is 0 Å². The van der Waals surface area contributed by atoms with Crippen LogP contribution in [-0.2, 0) is 11.5 Å². The Kier molecular flexibility index (Phi) is 8.57. The van der Waals surface area contributed by atoms with E-state index in [9.17, 15) is 3.83 Å². The summed E-state index contributed by atoms with van der Waals surface area (Å²) in [5.41, 5.74) is 0. The number of rotatable bonds is 6. The van der Waals surface area contributed by atoms with Crippen molar-refractivity contribution in [2.75, 3.05) is 25.0 Å². The topological polar surface area (TPSA) is 35.5 Å². The molecule has 0 N–H and O–H groups in total. The van der Waals surface area contributed by atoms with Gasteiger partial charge in [0.2, 0.25) is 0 Å². The van der Waals surface area contributed by atoms with E-state index in [1.54, 1.807) is 0 Å². The van der Waals surface area contributed by atoms with Gasteiger partial charge < -0.3 is 0 Å². The predicted molar refractivity (Wildman–Crippen MR) is 39.8 cm³/mol. The Morgan fingerprint density at radius 2 is 1.50 bits per heavy atom. The molecule has 0 aliphatic carbocycles. The zero-order chi connectivity index (χ0) is 7.82. The number of halogens is 2. The Labute approximate surface area is 74.3 Å². The van der Waals surface area contributed by atoms with Gasteiger partial charge in [-0.1, -0.05) is 0 Å². The average molecular weight is 254 g/mol. The van der Waals surface area contributed by atoms with E-state index in [2.05, 4.69) is 7.64 Å². The number of hydrogen-bond donors (Lipinski definition) is 0. The molecule has 3 nitrogen and oxygen atoms in total. The van der Waals surface area contributed by atoms with E-state index in [-0.39, 0.29) is 13.2 Å². The molecule has 0 radical (unpaired) electrons. The van der Waals surface area contributed by atoms with Crippen molar-refractivity contribution in [2.24, 2.45) is 0 Å². The Balaban J connectivity index is 3.09. The van der Waals surface area contributed by atoms with Crippen molar-refractivity contribution in [2.45, 2.75) is 0 Å². The fraction of sp³-hybridized carbons (Fsp3) is 1.00. The Morgan fingerprint density at radius 1 is 1.10 bits per heavy atom. The standard InChI is InChI=1S/C4H8Cl2O3Se/c5-1-3-8-10(7)9-4-2-6/h1-4H2. The first-order valence-corrected chi connectivity index (χ1v) is 5.78. The second-order valence-corrected chi connectivity index (χ2v) is 3.83. The fourth-order valence-electron chi connectivity index (χ4n) is 0.233. The van der Waals surface area contributed by atoms with Crippen LogP contribution in [0, 0.1) is 0 Å². The molecule has 0 aromatic rings. The molecule has 0 aliphatic rings. The van der Waals surface area contributed by atoms with Gasteiger partial charge in [0.05, 0.1) is 0 Å². The zero-order valence-electron chi connectivity index (χ0n) is 5.22. The normalized spacial score (nSPS) is 10.7. The van der Waals surface area contributed by atoms with E-state index in [1.165, 1.54) is 0 Å². The third kappa shape index (κ3) is 6.93. The summed E-state index contributed by atoms with van der Waals surface area (Å²) in [6.45, 7) is 0.524. The van der Waals surface area contributed by atoms with Crippen LogP contribution >= 0.6 is 23.2 Å². The summed E-state index contributed by atoms with van der Waals surface area (Å²) in [5, 5.41) is 0. The quantitative estimate of drug-likeness (QED) is 0.522. The van der Waals surface area contributed by atoms with E-state index in [4.69, 9.17) is 23.2 Å². The molecule has 10 heavy (non-hydrogen) atoms. The summed E-state index contributed by atoms with van der Waals surface area (Å²) in [6.07, 6.45) is 0. The Hall–Kier alpha value is 0.819. The van der Waals surface area contributed by atoms with Gasteiger partial charge in [0.1, 0.15) is 0 Å². The van der Waals surface area contributed by atoms with Crippen LogP contribution < -0.4 is 0 Å². The minimum absolute atomic E-state index is 0.262. The maximum atomic E-state index is 10.6. The van der Waals surface area contributed by atoms with Crippen LogP contribution in [0.3, 0.4) is 0 Å². The first-order valence-electron chi connectivity index (χ1n) is 2.61. The zero-order valence-corrected chi connectivity index (χ0v) is 8.44. The first kappa shape index (κ1) is 10.8. The van der Waals surface area contributed by atoms with E-state index >= 15 is 0 Å². The van der Waals surface area contributed by atoms with Gasteiger partial charge in [-0.15, -0.1) is 0 Å². The molecular formula is C4H8Cl2O3Se. The molecule has 0 unspecified atom stereocenters. The average Bonchev–Trinajstić information content (AvgIpc) is 1.97. The fourth-order valence-corrected chi connectivity index (χ4v) is 1.87. The van der Waals surface area contributed by atoms with Crippen LogP contribution in [0.25, 0.3) is 0 Å². The summed E-state index contributed by atoms with van der Waals surface area (Å²) >= 11 is 7.97. The molecular weight excluding hydrogens is 246 g/mol.